The second-order valence-corrected chi connectivity index (χ2v) is 5.34. The summed E-state index contributed by atoms with van der Waals surface area (Å²) in [5.41, 5.74) is 0.887. The molecule has 0 spiro atoms. The second-order valence-electron chi connectivity index (χ2n) is 3.70. The number of carbonyl (C=O) groups excluding carboxylic acids is 1. The van der Waals surface area contributed by atoms with Crippen LogP contribution in [0.15, 0.2) is 34.8 Å². The van der Waals surface area contributed by atoms with Gasteiger partial charge in [0.25, 0.3) is 0 Å². The van der Waals surface area contributed by atoms with Gasteiger partial charge >= 0.3 is 0 Å². The largest absolute Gasteiger partial charge is 0.310 e. The van der Waals surface area contributed by atoms with Gasteiger partial charge in [-0.3, -0.25) is 4.79 Å². The average molecular weight is 361 g/mol. The summed E-state index contributed by atoms with van der Waals surface area (Å²) < 4.78 is 0.922. The van der Waals surface area contributed by atoms with Gasteiger partial charge in [0, 0.05) is 10.5 Å². The number of amides is 1. The van der Waals surface area contributed by atoms with Crippen LogP contribution in [0.2, 0.25) is 10.4 Å². The van der Waals surface area contributed by atoms with Crippen LogP contribution in [-0.4, -0.2) is 15.9 Å². The molecule has 0 fully saturated rings. The lowest BCUT2D eigenvalue weighted by Crippen LogP contribution is -2.15. The first-order valence-corrected chi connectivity index (χ1v) is 6.82. The molecule has 0 atom stereocenters. The molecule has 0 saturated carbocycles. The van der Waals surface area contributed by atoms with Crippen molar-refractivity contribution in [3.63, 3.8) is 0 Å². The topological polar surface area (TPSA) is 54.9 Å². The van der Waals surface area contributed by atoms with Crippen LogP contribution >= 0.6 is 39.1 Å². The van der Waals surface area contributed by atoms with E-state index in [4.69, 9.17) is 23.2 Å². The van der Waals surface area contributed by atoms with Crippen LogP contribution in [0.4, 0.5) is 5.82 Å². The standard InChI is InChI=1S/C12H8BrCl2N3O/c13-8-3-1-2-7(4-8)5-11(19)17-10-6-9(14)16-12(15)18-10/h1-4,6H,5H2,(H,16,17,18,19). The van der Waals surface area contributed by atoms with Crippen molar-refractivity contribution >= 4 is 50.9 Å². The lowest BCUT2D eigenvalue weighted by Gasteiger charge is -2.05. The molecule has 4 nitrogen and oxygen atoms in total. The number of benzene rings is 1. The monoisotopic (exact) mass is 359 g/mol. The molecule has 1 aromatic heterocycles. The van der Waals surface area contributed by atoms with E-state index in [0.29, 0.717) is 0 Å². The summed E-state index contributed by atoms with van der Waals surface area (Å²) in [6, 6.07) is 8.94. The van der Waals surface area contributed by atoms with Gasteiger partial charge in [0.2, 0.25) is 11.2 Å². The molecule has 7 heteroatoms. The van der Waals surface area contributed by atoms with Gasteiger partial charge in [0.15, 0.2) is 0 Å². The van der Waals surface area contributed by atoms with Gasteiger partial charge in [-0.05, 0) is 29.3 Å². The number of aromatic nitrogens is 2. The fourth-order valence-corrected chi connectivity index (χ4v) is 2.33. The van der Waals surface area contributed by atoms with Crippen LogP contribution in [0.5, 0.6) is 0 Å². The van der Waals surface area contributed by atoms with Crippen molar-refractivity contribution < 1.29 is 4.79 Å². The van der Waals surface area contributed by atoms with Crippen LogP contribution in [0.3, 0.4) is 0 Å². The normalized spacial score (nSPS) is 10.3. The molecule has 1 amide bonds. The summed E-state index contributed by atoms with van der Waals surface area (Å²) in [6.45, 7) is 0. The summed E-state index contributed by atoms with van der Waals surface area (Å²) in [7, 11) is 0. The molecule has 19 heavy (non-hydrogen) atoms. The van der Waals surface area contributed by atoms with E-state index in [2.05, 4.69) is 31.2 Å². The van der Waals surface area contributed by atoms with Crippen LogP contribution in [-0.2, 0) is 11.2 Å². The highest BCUT2D eigenvalue weighted by Crippen LogP contribution is 2.15. The maximum absolute atomic E-state index is 11.8. The molecule has 0 unspecified atom stereocenters. The molecule has 0 radical (unpaired) electrons. The van der Waals surface area contributed by atoms with Crippen molar-refractivity contribution in [3.05, 3.63) is 50.8 Å². The molecule has 0 aliphatic carbocycles. The van der Waals surface area contributed by atoms with Crippen molar-refractivity contribution in [2.45, 2.75) is 6.42 Å². The lowest BCUT2D eigenvalue weighted by atomic mass is 10.1. The van der Waals surface area contributed by atoms with Crippen molar-refractivity contribution in [1.82, 2.24) is 9.97 Å². The van der Waals surface area contributed by atoms with Crippen molar-refractivity contribution in [3.8, 4) is 0 Å². The molecule has 1 aromatic carbocycles. The first-order valence-electron chi connectivity index (χ1n) is 5.27. The predicted molar refractivity (Wildman–Crippen MR) is 78.5 cm³/mol. The van der Waals surface area contributed by atoms with E-state index in [1.807, 2.05) is 24.3 Å². The van der Waals surface area contributed by atoms with E-state index in [-0.39, 0.29) is 28.6 Å². The van der Waals surface area contributed by atoms with Crippen LogP contribution in [0.1, 0.15) is 5.56 Å². The smallest absolute Gasteiger partial charge is 0.229 e. The minimum Gasteiger partial charge on any atom is -0.310 e. The number of nitrogens with zero attached hydrogens (tertiary/aromatic N) is 2. The third-order valence-corrected chi connectivity index (χ3v) is 3.04. The second kappa shape index (κ2) is 6.32. The molecule has 1 N–H and O–H groups in total. The molecule has 0 bridgehead atoms. The quantitative estimate of drug-likeness (QED) is 0.670. The molecule has 2 aromatic rings. The molecule has 2 rings (SSSR count). The number of rotatable bonds is 3. The van der Waals surface area contributed by atoms with Crippen molar-refractivity contribution in [2.75, 3.05) is 5.32 Å². The van der Waals surface area contributed by atoms with Gasteiger partial charge in [-0.1, -0.05) is 39.7 Å². The molecule has 0 aliphatic heterocycles. The minimum atomic E-state index is -0.205. The highest BCUT2D eigenvalue weighted by molar-refractivity contribution is 9.10. The lowest BCUT2D eigenvalue weighted by molar-refractivity contribution is -0.115. The van der Waals surface area contributed by atoms with Gasteiger partial charge < -0.3 is 5.32 Å². The van der Waals surface area contributed by atoms with E-state index in [1.165, 1.54) is 6.07 Å². The molecule has 98 valence electrons. The third-order valence-electron chi connectivity index (χ3n) is 2.19. The first kappa shape index (κ1) is 14.2. The van der Waals surface area contributed by atoms with Crippen molar-refractivity contribution in [2.24, 2.45) is 0 Å². The highest BCUT2D eigenvalue weighted by atomic mass is 79.9. The molecule has 0 aliphatic rings. The van der Waals surface area contributed by atoms with Gasteiger partial charge in [0.1, 0.15) is 11.0 Å². The summed E-state index contributed by atoms with van der Waals surface area (Å²) in [6.07, 6.45) is 0.235. The van der Waals surface area contributed by atoms with E-state index in [0.717, 1.165) is 10.0 Å². The summed E-state index contributed by atoms with van der Waals surface area (Å²) in [4.78, 5) is 19.4. The van der Waals surface area contributed by atoms with E-state index in [9.17, 15) is 4.79 Å². The van der Waals surface area contributed by atoms with Crippen LogP contribution in [0.25, 0.3) is 0 Å². The fourth-order valence-electron chi connectivity index (χ4n) is 1.47. The summed E-state index contributed by atoms with van der Waals surface area (Å²) in [5, 5.41) is 2.79. The zero-order valence-electron chi connectivity index (χ0n) is 9.53. The molecular weight excluding hydrogens is 353 g/mol. The molecule has 1 heterocycles. The number of anilines is 1. The predicted octanol–water partition coefficient (Wildman–Crippen LogP) is 3.73. The Hall–Kier alpha value is -1.17. The Balaban J connectivity index is 2.05. The van der Waals surface area contributed by atoms with Gasteiger partial charge in [-0.25, -0.2) is 9.97 Å². The Morgan fingerprint density at radius 2 is 2.05 bits per heavy atom. The zero-order chi connectivity index (χ0) is 13.8. The third kappa shape index (κ3) is 4.45. The Labute approximate surface area is 128 Å². The van der Waals surface area contributed by atoms with Gasteiger partial charge in [-0.15, -0.1) is 0 Å². The van der Waals surface area contributed by atoms with Crippen LogP contribution < -0.4 is 5.32 Å². The first-order chi connectivity index (χ1) is 9.02. The van der Waals surface area contributed by atoms with Crippen molar-refractivity contribution in [1.29, 1.82) is 0 Å². The van der Waals surface area contributed by atoms with Gasteiger partial charge in [-0.2, -0.15) is 0 Å². The SMILES string of the molecule is O=C(Cc1cccc(Br)c1)Nc1cc(Cl)nc(Cl)n1. The molecular formula is C12H8BrCl2N3O. The number of nitrogens with one attached hydrogen (secondary N) is 1. The van der Waals surface area contributed by atoms with E-state index in [1.54, 1.807) is 0 Å². The van der Waals surface area contributed by atoms with Crippen LogP contribution in [0, 0.1) is 0 Å². The highest BCUT2D eigenvalue weighted by Gasteiger charge is 2.07. The average Bonchev–Trinajstić information content (AvgIpc) is 2.26. The Kier molecular flexibility index (Phi) is 4.74. The molecule has 0 saturated heterocycles. The maximum Gasteiger partial charge on any atom is 0.229 e. The summed E-state index contributed by atoms with van der Waals surface area (Å²) >= 11 is 14.7. The van der Waals surface area contributed by atoms with E-state index < -0.39 is 0 Å². The minimum absolute atomic E-state index is 0.00902. The van der Waals surface area contributed by atoms with E-state index >= 15 is 0 Å². The number of hydrogen-bond donors (Lipinski definition) is 1. The Morgan fingerprint density at radius 1 is 1.26 bits per heavy atom. The summed E-state index contributed by atoms with van der Waals surface area (Å²) in [5.74, 6) is 0.0777. The zero-order valence-corrected chi connectivity index (χ0v) is 12.6. The number of hydrogen-bond acceptors (Lipinski definition) is 3. The number of halogens is 3. The number of carbonyl (C=O) groups is 1. The Bertz CT molecular complexity index is 601. The van der Waals surface area contributed by atoms with Gasteiger partial charge in [0.05, 0.1) is 6.42 Å². The maximum atomic E-state index is 11.8. The Morgan fingerprint density at radius 3 is 2.74 bits per heavy atom. The fraction of sp³-hybridized carbons (Fsp3) is 0.0833.